The molecule has 0 aliphatic carbocycles. The number of methoxy groups -OCH3 is 2. The molecular formula is C11H16N2O2. The Labute approximate surface area is 89.6 Å². The van der Waals surface area contributed by atoms with E-state index in [1.807, 2.05) is 6.07 Å². The normalized spacial score (nSPS) is 20.3. The first-order valence-electron chi connectivity index (χ1n) is 5.14. The Kier molecular flexibility index (Phi) is 3.06. The molecule has 15 heavy (non-hydrogen) atoms. The van der Waals surface area contributed by atoms with Crippen molar-refractivity contribution >= 4 is 0 Å². The van der Waals surface area contributed by atoms with Crippen LogP contribution in [0.15, 0.2) is 12.3 Å². The molecule has 82 valence electrons. The molecule has 0 amide bonds. The maximum absolute atomic E-state index is 5.36. The molecule has 2 heterocycles. The second kappa shape index (κ2) is 4.49. The Morgan fingerprint density at radius 1 is 1.40 bits per heavy atom. The fourth-order valence-electron chi connectivity index (χ4n) is 2.04. The zero-order valence-corrected chi connectivity index (χ0v) is 9.12. The minimum absolute atomic E-state index is 0.511. The van der Waals surface area contributed by atoms with Gasteiger partial charge in [0.25, 0.3) is 5.88 Å². The molecule has 4 heteroatoms. The van der Waals surface area contributed by atoms with Crippen LogP contribution in [0.5, 0.6) is 11.6 Å². The summed E-state index contributed by atoms with van der Waals surface area (Å²) in [7, 11) is 3.27. The summed E-state index contributed by atoms with van der Waals surface area (Å²) in [5.41, 5.74) is 1.19. The highest BCUT2D eigenvalue weighted by molar-refractivity contribution is 5.43. The van der Waals surface area contributed by atoms with E-state index in [1.165, 1.54) is 5.56 Å². The Balaban J connectivity index is 2.36. The maximum Gasteiger partial charge on any atom is 0.256 e. The molecule has 1 saturated heterocycles. The van der Waals surface area contributed by atoms with E-state index in [0.29, 0.717) is 11.8 Å². The van der Waals surface area contributed by atoms with Gasteiger partial charge >= 0.3 is 0 Å². The molecule has 0 bridgehead atoms. The van der Waals surface area contributed by atoms with Gasteiger partial charge in [-0.2, -0.15) is 0 Å². The number of nitrogens with one attached hydrogen (secondary N) is 1. The van der Waals surface area contributed by atoms with Crippen LogP contribution in [0.2, 0.25) is 0 Å². The minimum atomic E-state index is 0.511. The van der Waals surface area contributed by atoms with Crippen LogP contribution in [-0.2, 0) is 0 Å². The molecule has 0 saturated carbocycles. The lowest BCUT2D eigenvalue weighted by molar-refractivity contribution is 0.338. The van der Waals surface area contributed by atoms with E-state index in [1.54, 1.807) is 20.4 Å². The lowest BCUT2D eigenvalue weighted by Crippen LogP contribution is -2.09. The summed E-state index contributed by atoms with van der Waals surface area (Å²) < 4.78 is 10.5. The Morgan fingerprint density at radius 3 is 2.87 bits per heavy atom. The van der Waals surface area contributed by atoms with Gasteiger partial charge in [0.2, 0.25) is 0 Å². The molecule has 1 aromatic rings. The molecule has 1 atom stereocenters. The zero-order chi connectivity index (χ0) is 10.7. The second-order valence-electron chi connectivity index (χ2n) is 3.63. The summed E-state index contributed by atoms with van der Waals surface area (Å²) in [5, 5.41) is 3.34. The van der Waals surface area contributed by atoms with Crippen LogP contribution < -0.4 is 14.8 Å². The van der Waals surface area contributed by atoms with Crippen molar-refractivity contribution in [1.82, 2.24) is 10.3 Å². The molecule has 0 spiro atoms. The quantitative estimate of drug-likeness (QED) is 0.810. The summed E-state index contributed by atoms with van der Waals surface area (Å²) >= 11 is 0. The highest BCUT2D eigenvalue weighted by atomic mass is 16.5. The fraction of sp³-hybridized carbons (Fsp3) is 0.545. The Bertz CT molecular complexity index is 335. The van der Waals surface area contributed by atoms with Gasteiger partial charge in [-0.05, 0) is 19.0 Å². The molecule has 0 aromatic carbocycles. The van der Waals surface area contributed by atoms with E-state index in [0.717, 1.165) is 25.3 Å². The van der Waals surface area contributed by atoms with E-state index in [-0.39, 0.29) is 0 Å². The van der Waals surface area contributed by atoms with Gasteiger partial charge in [-0.25, -0.2) is 4.98 Å². The van der Waals surface area contributed by atoms with Gasteiger partial charge < -0.3 is 14.8 Å². The summed E-state index contributed by atoms with van der Waals surface area (Å²) in [6.07, 6.45) is 2.92. The van der Waals surface area contributed by atoms with E-state index in [9.17, 15) is 0 Å². The average Bonchev–Trinajstić information content (AvgIpc) is 2.81. The van der Waals surface area contributed by atoms with Crippen molar-refractivity contribution in [2.45, 2.75) is 12.3 Å². The van der Waals surface area contributed by atoms with Crippen molar-refractivity contribution in [3.8, 4) is 11.6 Å². The largest absolute Gasteiger partial charge is 0.491 e. The van der Waals surface area contributed by atoms with Crippen molar-refractivity contribution in [1.29, 1.82) is 0 Å². The van der Waals surface area contributed by atoms with E-state index in [2.05, 4.69) is 10.3 Å². The fourth-order valence-corrected chi connectivity index (χ4v) is 2.04. The SMILES string of the molecule is COc1nccc(C2CCNC2)c1OC. The number of pyridine rings is 1. The molecule has 0 radical (unpaired) electrons. The summed E-state index contributed by atoms with van der Waals surface area (Å²) in [5.74, 6) is 1.85. The third kappa shape index (κ3) is 1.90. The summed E-state index contributed by atoms with van der Waals surface area (Å²) in [6, 6.07) is 2.01. The van der Waals surface area contributed by atoms with Gasteiger partial charge in [0, 0.05) is 24.2 Å². The van der Waals surface area contributed by atoms with Crippen LogP contribution in [0.1, 0.15) is 17.9 Å². The minimum Gasteiger partial charge on any atom is -0.491 e. The van der Waals surface area contributed by atoms with Crippen LogP contribution in [0, 0.1) is 0 Å². The zero-order valence-electron chi connectivity index (χ0n) is 9.12. The highest BCUT2D eigenvalue weighted by Gasteiger charge is 2.22. The molecular weight excluding hydrogens is 192 g/mol. The van der Waals surface area contributed by atoms with Crippen molar-refractivity contribution in [2.24, 2.45) is 0 Å². The van der Waals surface area contributed by atoms with Crippen LogP contribution >= 0.6 is 0 Å². The summed E-state index contributed by atoms with van der Waals surface area (Å²) in [6.45, 7) is 2.07. The van der Waals surface area contributed by atoms with Crippen molar-refractivity contribution < 1.29 is 9.47 Å². The lowest BCUT2D eigenvalue weighted by atomic mass is 9.98. The smallest absolute Gasteiger partial charge is 0.256 e. The van der Waals surface area contributed by atoms with Gasteiger partial charge in [-0.3, -0.25) is 0 Å². The topological polar surface area (TPSA) is 43.4 Å². The van der Waals surface area contributed by atoms with Gasteiger partial charge in [-0.1, -0.05) is 0 Å². The molecule has 1 aliphatic rings. The van der Waals surface area contributed by atoms with E-state index in [4.69, 9.17) is 9.47 Å². The monoisotopic (exact) mass is 208 g/mol. The van der Waals surface area contributed by atoms with Crippen molar-refractivity contribution in [3.63, 3.8) is 0 Å². The van der Waals surface area contributed by atoms with Crippen LogP contribution in [-0.4, -0.2) is 32.3 Å². The molecule has 1 N–H and O–H groups in total. The van der Waals surface area contributed by atoms with Crippen LogP contribution in [0.4, 0.5) is 0 Å². The highest BCUT2D eigenvalue weighted by Crippen LogP contribution is 2.35. The number of ether oxygens (including phenoxy) is 2. The molecule has 1 fully saturated rings. The van der Waals surface area contributed by atoms with Crippen molar-refractivity contribution in [2.75, 3.05) is 27.3 Å². The lowest BCUT2D eigenvalue weighted by Gasteiger charge is -2.15. The Hall–Kier alpha value is -1.29. The predicted molar refractivity (Wildman–Crippen MR) is 57.6 cm³/mol. The standard InChI is InChI=1S/C11H16N2O2/c1-14-10-9(8-3-5-12-7-8)4-6-13-11(10)15-2/h4,6,8,12H,3,5,7H2,1-2H3. The predicted octanol–water partition coefficient (Wildman–Crippen LogP) is 1.18. The number of hydrogen-bond donors (Lipinski definition) is 1. The van der Waals surface area contributed by atoms with E-state index < -0.39 is 0 Å². The van der Waals surface area contributed by atoms with Crippen molar-refractivity contribution in [3.05, 3.63) is 17.8 Å². The van der Waals surface area contributed by atoms with Crippen LogP contribution in [0.3, 0.4) is 0 Å². The average molecular weight is 208 g/mol. The first-order chi connectivity index (χ1) is 7.36. The maximum atomic E-state index is 5.36. The van der Waals surface area contributed by atoms with Gasteiger partial charge in [0.05, 0.1) is 14.2 Å². The van der Waals surface area contributed by atoms with Gasteiger partial charge in [-0.15, -0.1) is 0 Å². The number of aromatic nitrogens is 1. The Morgan fingerprint density at radius 2 is 2.27 bits per heavy atom. The molecule has 1 unspecified atom stereocenters. The summed E-state index contributed by atoms with van der Waals surface area (Å²) in [4.78, 5) is 4.13. The first kappa shape index (κ1) is 10.2. The first-order valence-corrected chi connectivity index (χ1v) is 5.14. The van der Waals surface area contributed by atoms with Gasteiger partial charge in [0.1, 0.15) is 0 Å². The second-order valence-corrected chi connectivity index (χ2v) is 3.63. The third-order valence-corrected chi connectivity index (χ3v) is 2.80. The third-order valence-electron chi connectivity index (χ3n) is 2.80. The van der Waals surface area contributed by atoms with E-state index >= 15 is 0 Å². The van der Waals surface area contributed by atoms with Gasteiger partial charge in [0.15, 0.2) is 5.75 Å². The number of nitrogens with zero attached hydrogens (tertiary/aromatic N) is 1. The molecule has 2 rings (SSSR count). The molecule has 4 nitrogen and oxygen atoms in total. The molecule has 1 aliphatic heterocycles. The number of rotatable bonds is 3. The molecule has 1 aromatic heterocycles. The number of hydrogen-bond acceptors (Lipinski definition) is 4. The van der Waals surface area contributed by atoms with Crippen LogP contribution in [0.25, 0.3) is 0 Å².